The van der Waals surface area contributed by atoms with Crippen molar-refractivity contribution < 1.29 is 0 Å². The van der Waals surface area contributed by atoms with Crippen LogP contribution in [0.5, 0.6) is 0 Å². The minimum absolute atomic E-state index is 0.986. The van der Waals surface area contributed by atoms with Crippen molar-refractivity contribution >= 4 is 54.9 Å². The summed E-state index contributed by atoms with van der Waals surface area (Å²) in [6.45, 7) is 0. The molecule has 10 aromatic rings. The summed E-state index contributed by atoms with van der Waals surface area (Å²) in [6.07, 6.45) is 18.0. The number of para-hydroxylation sites is 3. The molecular formula is C59H43N3. The van der Waals surface area contributed by atoms with Crippen LogP contribution in [-0.4, -0.2) is 14.1 Å². The van der Waals surface area contributed by atoms with Crippen LogP contribution in [0.3, 0.4) is 0 Å². The van der Waals surface area contributed by atoms with E-state index in [-0.39, 0.29) is 0 Å². The van der Waals surface area contributed by atoms with Crippen LogP contribution < -0.4 is 0 Å². The van der Waals surface area contributed by atoms with Gasteiger partial charge in [-0.05, 0) is 120 Å². The molecule has 294 valence electrons. The van der Waals surface area contributed by atoms with E-state index in [2.05, 4.69) is 222 Å². The van der Waals surface area contributed by atoms with E-state index in [1.54, 1.807) is 0 Å². The fourth-order valence-electron chi connectivity index (χ4n) is 9.79. The number of pyridine rings is 1. The lowest BCUT2D eigenvalue weighted by atomic mass is 9.95. The summed E-state index contributed by atoms with van der Waals surface area (Å²) in [5, 5.41) is 5.05. The van der Waals surface area contributed by atoms with E-state index in [9.17, 15) is 0 Å². The van der Waals surface area contributed by atoms with Gasteiger partial charge in [-0.3, -0.25) is 0 Å². The van der Waals surface area contributed by atoms with Crippen molar-refractivity contribution in [3.63, 3.8) is 0 Å². The molecule has 0 bridgehead atoms. The summed E-state index contributed by atoms with van der Waals surface area (Å²) in [6, 6.07) is 64.5. The molecule has 2 aliphatic carbocycles. The predicted molar refractivity (Wildman–Crippen MR) is 262 cm³/mol. The highest BCUT2D eigenvalue weighted by Crippen LogP contribution is 2.41. The number of hydrogen-bond acceptors (Lipinski definition) is 1. The summed E-state index contributed by atoms with van der Waals surface area (Å²) in [4.78, 5) is 5.16. The number of hydrogen-bond donors (Lipinski definition) is 0. The molecule has 0 N–H and O–H groups in total. The molecule has 0 atom stereocenters. The van der Waals surface area contributed by atoms with Crippen LogP contribution in [0.15, 0.2) is 212 Å². The average Bonchev–Trinajstić information content (AvgIpc) is 3.88. The van der Waals surface area contributed by atoms with Crippen LogP contribution in [-0.2, 0) is 0 Å². The number of fused-ring (bicyclic) bond motifs is 6. The quantitative estimate of drug-likeness (QED) is 0.158. The third kappa shape index (κ3) is 6.16. The van der Waals surface area contributed by atoms with Gasteiger partial charge in [0.2, 0.25) is 0 Å². The Bertz CT molecular complexity index is 3500. The van der Waals surface area contributed by atoms with E-state index < -0.39 is 0 Å². The van der Waals surface area contributed by atoms with Crippen molar-refractivity contribution in [1.29, 1.82) is 0 Å². The normalized spacial score (nSPS) is 13.9. The third-order valence-electron chi connectivity index (χ3n) is 12.8. The van der Waals surface area contributed by atoms with Gasteiger partial charge in [0.15, 0.2) is 0 Å². The van der Waals surface area contributed by atoms with E-state index in [1.807, 2.05) is 0 Å². The van der Waals surface area contributed by atoms with E-state index in [1.165, 1.54) is 82.7 Å². The number of nitrogens with zero attached hydrogens (tertiary/aromatic N) is 3. The molecule has 12 rings (SSSR count). The van der Waals surface area contributed by atoms with E-state index in [0.717, 1.165) is 53.9 Å². The largest absolute Gasteiger partial charge is 0.309 e. The minimum Gasteiger partial charge on any atom is -0.309 e. The average molecular weight is 794 g/mol. The first kappa shape index (κ1) is 36.1. The SMILES string of the molecule is C1=CC(c2cc(-c3cccc(-c4ccc5c(c4)c4ccccc4n5-c4ccc(-c5cccc6c7ccccc7n(C7=CCCC=C7)c56)cc4)c3)cc(-c3ccccc3)n2)=CCC1. The summed E-state index contributed by atoms with van der Waals surface area (Å²) in [5.41, 5.74) is 18.8. The van der Waals surface area contributed by atoms with Gasteiger partial charge in [-0.15, -0.1) is 0 Å². The van der Waals surface area contributed by atoms with Crippen LogP contribution >= 0.6 is 0 Å². The lowest BCUT2D eigenvalue weighted by Gasteiger charge is -2.15. The van der Waals surface area contributed by atoms with Gasteiger partial charge >= 0.3 is 0 Å². The predicted octanol–water partition coefficient (Wildman–Crippen LogP) is 15.9. The number of rotatable bonds is 7. The smallest absolute Gasteiger partial charge is 0.0715 e. The summed E-state index contributed by atoms with van der Waals surface area (Å²) in [5.74, 6) is 0. The van der Waals surface area contributed by atoms with Crippen molar-refractivity contribution in [3.05, 3.63) is 218 Å². The molecule has 3 heterocycles. The number of benzene rings is 7. The maximum atomic E-state index is 5.16. The Kier molecular flexibility index (Phi) is 8.78. The first-order valence-electron chi connectivity index (χ1n) is 21.8. The molecule has 3 aromatic heterocycles. The van der Waals surface area contributed by atoms with E-state index in [4.69, 9.17) is 4.98 Å². The Balaban J connectivity index is 0.939. The fourth-order valence-corrected chi connectivity index (χ4v) is 9.79. The number of aromatic nitrogens is 3. The van der Waals surface area contributed by atoms with Gasteiger partial charge in [0.25, 0.3) is 0 Å². The topological polar surface area (TPSA) is 22.8 Å². The molecule has 0 amide bonds. The van der Waals surface area contributed by atoms with Crippen molar-refractivity contribution in [2.24, 2.45) is 0 Å². The molecule has 0 aliphatic heterocycles. The fraction of sp³-hybridized carbons (Fsp3) is 0.0678. The van der Waals surface area contributed by atoms with Crippen LogP contribution in [0.1, 0.15) is 31.4 Å². The Morgan fingerprint density at radius 3 is 1.76 bits per heavy atom. The second-order valence-electron chi connectivity index (χ2n) is 16.5. The molecule has 0 saturated heterocycles. The molecule has 0 saturated carbocycles. The Labute approximate surface area is 361 Å². The first-order valence-corrected chi connectivity index (χ1v) is 21.8. The highest BCUT2D eigenvalue weighted by atomic mass is 15.0. The highest BCUT2D eigenvalue weighted by molar-refractivity contribution is 6.15. The Morgan fingerprint density at radius 1 is 0.371 bits per heavy atom. The van der Waals surface area contributed by atoms with Crippen LogP contribution in [0.2, 0.25) is 0 Å². The standard InChI is InChI=1S/C59H43N3/c1-4-16-41(17-5-1)54-38-46(39-55(60-54)42-18-6-2-7-19-42)44-21-14-20-43(36-44)45-32-35-58-53(37-45)51-25-11-12-28-56(51)61(58)48-33-30-40(31-34-48)49-26-15-27-52-50-24-10-13-29-57(50)62(59(49)52)47-22-8-3-9-23-47/h1,4-6,8,10-39H,2-3,7,9H2. The lowest BCUT2D eigenvalue weighted by Crippen LogP contribution is -1.98. The lowest BCUT2D eigenvalue weighted by molar-refractivity contribution is 1.02. The van der Waals surface area contributed by atoms with Crippen molar-refractivity contribution in [2.45, 2.75) is 25.7 Å². The Hall–Kier alpha value is -7.75. The van der Waals surface area contributed by atoms with Gasteiger partial charge < -0.3 is 9.13 Å². The van der Waals surface area contributed by atoms with Gasteiger partial charge in [-0.1, -0.05) is 152 Å². The van der Waals surface area contributed by atoms with Gasteiger partial charge in [0.1, 0.15) is 0 Å². The molecule has 3 heteroatoms. The summed E-state index contributed by atoms with van der Waals surface area (Å²) < 4.78 is 4.88. The minimum atomic E-state index is 0.986. The van der Waals surface area contributed by atoms with Crippen LogP contribution in [0.4, 0.5) is 0 Å². The molecule has 0 fully saturated rings. The van der Waals surface area contributed by atoms with Crippen molar-refractivity contribution in [3.8, 4) is 50.3 Å². The zero-order valence-corrected chi connectivity index (χ0v) is 34.4. The summed E-state index contributed by atoms with van der Waals surface area (Å²) >= 11 is 0. The molecular weight excluding hydrogens is 751 g/mol. The summed E-state index contributed by atoms with van der Waals surface area (Å²) in [7, 11) is 0. The van der Waals surface area contributed by atoms with Gasteiger partial charge in [0, 0.05) is 44.1 Å². The monoisotopic (exact) mass is 793 g/mol. The molecule has 0 unspecified atom stereocenters. The zero-order valence-electron chi connectivity index (χ0n) is 34.4. The zero-order chi connectivity index (χ0) is 41.0. The molecule has 7 aromatic carbocycles. The maximum absolute atomic E-state index is 5.16. The molecule has 3 nitrogen and oxygen atoms in total. The van der Waals surface area contributed by atoms with Crippen LogP contribution in [0.25, 0.3) is 105 Å². The first-order chi connectivity index (χ1) is 30.7. The number of allylic oxidation sites excluding steroid dienone is 8. The van der Waals surface area contributed by atoms with Crippen molar-refractivity contribution in [2.75, 3.05) is 0 Å². The van der Waals surface area contributed by atoms with Gasteiger partial charge in [0.05, 0.1) is 33.5 Å². The molecule has 0 radical (unpaired) electrons. The highest BCUT2D eigenvalue weighted by Gasteiger charge is 2.19. The molecule has 2 aliphatic rings. The van der Waals surface area contributed by atoms with Gasteiger partial charge in [-0.2, -0.15) is 0 Å². The van der Waals surface area contributed by atoms with Crippen LogP contribution in [0, 0.1) is 0 Å². The van der Waals surface area contributed by atoms with E-state index >= 15 is 0 Å². The second kappa shape index (κ2) is 15.1. The van der Waals surface area contributed by atoms with Gasteiger partial charge in [-0.25, -0.2) is 4.98 Å². The van der Waals surface area contributed by atoms with E-state index in [0.29, 0.717) is 0 Å². The van der Waals surface area contributed by atoms with Crippen molar-refractivity contribution in [1.82, 2.24) is 14.1 Å². The third-order valence-corrected chi connectivity index (χ3v) is 12.8. The Morgan fingerprint density at radius 2 is 0.984 bits per heavy atom. The maximum Gasteiger partial charge on any atom is 0.0715 e. The molecule has 0 spiro atoms. The second-order valence-corrected chi connectivity index (χ2v) is 16.5. The molecule has 62 heavy (non-hydrogen) atoms.